The molecule has 0 atom stereocenters. The summed E-state index contributed by atoms with van der Waals surface area (Å²) >= 11 is 0. The first-order valence-electron chi connectivity index (χ1n) is 4.92. The van der Waals surface area contributed by atoms with Crippen molar-refractivity contribution in [1.82, 2.24) is 5.32 Å². The van der Waals surface area contributed by atoms with Crippen molar-refractivity contribution in [1.29, 1.82) is 0 Å². The summed E-state index contributed by atoms with van der Waals surface area (Å²) in [6.45, 7) is 2.99. The van der Waals surface area contributed by atoms with E-state index >= 15 is 0 Å². The first-order valence-corrected chi connectivity index (χ1v) is 4.92. The number of hydrogen-bond donors (Lipinski definition) is 3. The Bertz CT molecular complexity index is 327. The predicted molar refractivity (Wildman–Crippen MR) is 59.7 cm³/mol. The molecule has 0 aliphatic rings. The van der Waals surface area contributed by atoms with Crippen LogP contribution in [-0.4, -0.2) is 5.91 Å². The van der Waals surface area contributed by atoms with Crippen LogP contribution in [0.3, 0.4) is 0 Å². The van der Waals surface area contributed by atoms with Crippen molar-refractivity contribution in [3.63, 3.8) is 0 Å². The van der Waals surface area contributed by atoms with E-state index < -0.39 is 0 Å². The minimum absolute atomic E-state index is 0.0394. The molecule has 1 amide bonds. The highest BCUT2D eigenvalue weighted by Gasteiger charge is 2.00. The zero-order valence-corrected chi connectivity index (χ0v) is 8.92. The number of nitrogens with two attached hydrogens (primary N) is 2. The Labute approximate surface area is 89.6 Å². The highest BCUT2D eigenvalue weighted by atomic mass is 16.1. The highest BCUT2D eigenvalue weighted by molar-refractivity contribution is 5.72. The normalized spacial score (nSPS) is 10.1. The number of amides is 1. The van der Waals surface area contributed by atoms with Crippen molar-refractivity contribution in [3.8, 4) is 0 Å². The Kier molecular flexibility index (Phi) is 4.27. The van der Waals surface area contributed by atoms with Gasteiger partial charge in [0.15, 0.2) is 0 Å². The highest BCUT2D eigenvalue weighted by Crippen LogP contribution is 2.09. The number of carbonyl (C=O) groups is 1. The van der Waals surface area contributed by atoms with Gasteiger partial charge in [-0.1, -0.05) is 18.2 Å². The molecule has 0 heterocycles. The second-order valence-electron chi connectivity index (χ2n) is 3.48. The Morgan fingerprint density at radius 3 is 2.00 bits per heavy atom. The Morgan fingerprint density at radius 1 is 1.13 bits per heavy atom. The van der Waals surface area contributed by atoms with Crippen LogP contribution in [0.15, 0.2) is 18.2 Å². The minimum Gasteiger partial charge on any atom is -0.352 e. The zero-order chi connectivity index (χ0) is 11.3. The van der Waals surface area contributed by atoms with Crippen molar-refractivity contribution >= 4 is 5.91 Å². The molecule has 0 fully saturated rings. The number of hydrogen-bond acceptors (Lipinski definition) is 3. The quantitative estimate of drug-likeness (QED) is 0.661. The third-order valence-electron chi connectivity index (χ3n) is 2.13. The molecule has 0 saturated carbocycles. The molecule has 15 heavy (non-hydrogen) atoms. The summed E-state index contributed by atoms with van der Waals surface area (Å²) in [5.41, 5.74) is 14.3. The van der Waals surface area contributed by atoms with Crippen LogP contribution in [0.2, 0.25) is 0 Å². The predicted octanol–water partition coefficient (Wildman–Crippen LogP) is 0.240. The number of nitrogens with one attached hydrogen (secondary N) is 1. The van der Waals surface area contributed by atoms with Gasteiger partial charge in [0.2, 0.25) is 5.91 Å². The SMILES string of the molecule is CC(=O)NCc1cc(CN)cc(CN)c1. The maximum absolute atomic E-state index is 10.8. The average molecular weight is 207 g/mol. The van der Waals surface area contributed by atoms with E-state index in [0.29, 0.717) is 19.6 Å². The standard InChI is InChI=1S/C11H17N3O/c1-8(15)14-7-11-3-9(5-12)2-10(4-11)6-13/h2-4H,5-7,12-13H2,1H3,(H,14,15). The summed E-state index contributed by atoms with van der Waals surface area (Å²) in [5, 5.41) is 2.74. The fourth-order valence-corrected chi connectivity index (χ4v) is 1.40. The van der Waals surface area contributed by atoms with E-state index in [1.54, 1.807) is 0 Å². The van der Waals surface area contributed by atoms with Gasteiger partial charge in [0, 0.05) is 26.6 Å². The third kappa shape index (κ3) is 3.69. The second kappa shape index (κ2) is 5.48. The summed E-state index contributed by atoms with van der Waals surface area (Å²) in [6, 6.07) is 5.95. The number of rotatable bonds is 4. The topological polar surface area (TPSA) is 81.1 Å². The first-order chi connectivity index (χ1) is 7.15. The van der Waals surface area contributed by atoms with E-state index in [2.05, 4.69) is 5.32 Å². The summed E-state index contributed by atoms with van der Waals surface area (Å²) in [5.74, 6) is -0.0394. The van der Waals surface area contributed by atoms with E-state index in [1.807, 2.05) is 18.2 Å². The molecule has 4 heteroatoms. The van der Waals surface area contributed by atoms with E-state index in [4.69, 9.17) is 11.5 Å². The van der Waals surface area contributed by atoms with Crippen molar-refractivity contribution in [2.45, 2.75) is 26.6 Å². The molecule has 4 nitrogen and oxygen atoms in total. The maximum Gasteiger partial charge on any atom is 0.217 e. The van der Waals surface area contributed by atoms with Gasteiger partial charge in [-0.15, -0.1) is 0 Å². The fourth-order valence-electron chi connectivity index (χ4n) is 1.40. The molecular weight excluding hydrogens is 190 g/mol. The largest absolute Gasteiger partial charge is 0.352 e. The Morgan fingerprint density at radius 2 is 1.60 bits per heavy atom. The van der Waals surface area contributed by atoms with Gasteiger partial charge in [0.25, 0.3) is 0 Å². The second-order valence-corrected chi connectivity index (χ2v) is 3.48. The van der Waals surface area contributed by atoms with Crippen LogP contribution in [0.1, 0.15) is 23.6 Å². The van der Waals surface area contributed by atoms with Crippen molar-refractivity contribution < 1.29 is 4.79 Å². The zero-order valence-electron chi connectivity index (χ0n) is 8.92. The lowest BCUT2D eigenvalue weighted by Gasteiger charge is -2.07. The molecule has 0 radical (unpaired) electrons. The van der Waals surface area contributed by atoms with E-state index in [9.17, 15) is 4.79 Å². The Balaban J connectivity index is 2.81. The molecule has 0 unspecified atom stereocenters. The van der Waals surface area contributed by atoms with Gasteiger partial charge < -0.3 is 16.8 Å². The van der Waals surface area contributed by atoms with Crippen LogP contribution in [0.25, 0.3) is 0 Å². The third-order valence-corrected chi connectivity index (χ3v) is 2.13. The lowest BCUT2D eigenvalue weighted by atomic mass is 10.1. The molecule has 1 aromatic carbocycles. The molecule has 0 bridgehead atoms. The fraction of sp³-hybridized carbons (Fsp3) is 0.364. The van der Waals surface area contributed by atoms with Crippen LogP contribution in [0.4, 0.5) is 0 Å². The van der Waals surface area contributed by atoms with Gasteiger partial charge in [0.1, 0.15) is 0 Å². The molecular formula is C11H17N3O. The smallest absolute Gasteiger partial charge is 0.217 e. The van der Waals surface area contributed by atoms with Crippen molar-refractivity contribution in [2.75, 3.05) is 0 Å². The van der Waals surface area contributed by atoms with Crippen LogP contribution in [0.5, 0.6) is 0 Å². The molecule has 1 rings (SSSR count). The minimum atomic E-state index is -0.0394. The first kappa shape index (κ1) is 11.7. The van der Waals surface area contributed by atoms with Crippen molar-refractivity contribution in [2.24, 2.45) is 11.5 Å². The van der Waals surface area contributed by atoms with Gasteiger partial charge in [-0.2, -0.15) is 0 Å². The van der Waals surface area contributed by atoms with Crippen LogP contribution in [0, 0.1) is 0 Å². The number of carbonyl (C=O) groups excluding carboxylic acids is 1. The Hall–Kier alpha value is -1.39. The molecule has 1 aromatic rings. The molecule has 0 saturated heterocycles. The van der Waals surface area contributed by atoms with Crippen LogP contribution >= 0.6 is 0 Å². The van der Waals surface area contributed by atoms with E-state index in [0.717, 1.165) is 16.7 Å². The number of benzene rings is 1. The molecule has 82 valence electrons. The summed E-state index contributed by atoms with van der Waals surface area (Å²) in [7, 11) is 0. The van der Waals surface area contributed by atoms with E-state index in [-0.39, 0.29) is 5.91 Å². The molecule has 0 aromatic heterocycles. The van der Waals surface area contributed by atoms with Gasteiger partial charge in [-0.05, 0) is 16.7 Å². The lowest BCUT2D eigenvalue weighted by molar-refractivity contribution is -0.119. The van der Waals surface area contributed by atoms with Crippen molar-refractivity contribution in [3.05, 3.63) is 34.9 Å². The molecule has 0 spiro atoms. The lowest BCUT2D eigenvalue weighted by Crippen LogP contribution is -2.19. The summed E-state index contributed by atoms with van der Waals surface area (Å²) < 4.78 is 0. The summed E-state index contributed by atoms with van der Waals surface area (Å²) in [4.78, 5) is 10.8. The average Bonchev–Trinajstić information content (AvgIpc) is 2.25. The van der Waals surface area contributed by atoms with Crippen LogP contribution < -0.4 is 16.8 Å². The maximum atomic E-state index is 10.8. The van der Waals surface area contributed by atoms with E-state index in [1.165, 1.54) is 6.92 Å². The van der Waals surface area contributed by atoms with Gasteiger partial charge in [0.05, 0.1) is 0 Å². The molecule has 0 aliphatic heterocycles. The van der Waals surface area contributed by atoms with Crippen LogP contribution in [-0.2, 0) is 24.4 Å². The van der Waals surface area contributed by atoms with Gasteiger partial charge in [-0.3, -0.25) is 4.79 Å². The van der Waals surface area contributed by atoms with Gasteiger partial charge >= 0.3 is 0 Å². The molecule has 5 N–H and O–H groups in total. The monoisotopic (exact) mass is 207 g/mol. The molecule has 0 aliphatic carbocycles. The summed E-state index contributed by atoms with van der Waals surface area (Å²) in [6.07, 6.45) is 0. The van der Waals surface area contributed by atoms with Gasteiger partial charge in [-0.25, -0.2) is 0 Å².